The lowest BCUT2D eigenvalue weighted by Crippen LogP contribution is -2.41. The molecule has 2 amide bonds. The number of nitrogens with one attached hydrogen (secondary N) is 1. The van der Waals surface area contributed by atoms with Crippen molar-refractivity contribution >= 4 is 39.1 Å². The molecule has 4 aromatic rings. The lowest BCUT2D eigenvalue weighted by Gasteiger charge is -2.17. The summed E-state index contributed by atoms with van der Waals surface area (Å²) in [5, 5.41) is 3.10. The molecule has 0 fully saturated rings. The van der Waals surface area contributed by atoms with E-state index in [9.17, 15) is 19.2 Å². The molecule has 9 heteroatoms. The monoisotopic (exact) mass is 518 g/mol. The van der Waals surface area contributed by atoms with Gasteiger partial charge in [0, 0.05) is 25.3 Å². The van der Waals surface area contributed by atoms with Crippen molar-refractivity contribution in [3.8, 4) is 0 Å². The largest absolute Gasteiger partial charge is 0.338 e. The molecule has 2 heterocycles. The molecule has 0 saturated heterocycles. The normalized spacial score (nSPS) is 11.0. The van der Waals surface area contributed by atoms with E-state index < -0.39 is 17.2 Å². The maximum absolute atomic E-state index is 13.6. The number of aromatic nitrogens is 2. The average molecular weight is 519 g/mol. The Morgan fingerprint density at radius 2 is 1.54 bits per heavy atom. The van der Waals surface area contributed by atoms with E-state index in [0.29, 0.717) is 45.9 Å². The van der Waals surface area contributed by atoms with Crippen LogP contribution in [0.2, 0.25) is 0 Å². The van der Waals surface area contributed by atoms with Gasteiger partial charge in [0.1, 0.15) is 11.4 Å². The Bertz CT molecular complexity index is 1530. The first-order valence-electron chi connectivity index (χ1n) is 12.3. The number of carbonyl (C=O) groups is 2. The molecular formula is C28H30N4O4S. The molecule has 192 valence electrons. The van der Waals surface area contributed by atoms with Crippen molar-refractivity contribution < 1.29 is 9.59 Å². The van der Waals surface area contributed by atoms with Gasteiger partial charge in [-0.05, 0) is 50.5 Å². The summed E-state index contributed by atoms with van der Waals surface area (Å²) in [6, 6.07) is 18.6. The van der Waals surface area contributed by atoms with Crippen molar-refractivity contribution in [1.82, 2.24) is 14.0 Å². The first-order valence-corrected chi connectivity index (χ1v) is 13.1. The number of carbonyl (C=O) groups excluding carboxylic acids is 2. The van der Waals surface area contributed by atoms with Gasteiger partial charge in [-0.25, -0.2) is 4.79 Å². The van der Waals surface area contributed by atoms with E-state index in [1.165, 1.54) is 9.13 Å². The molecule has 0 unspecified atom stereocenters. The molecule has 0 aliphatic rings. The van der Waals surface area contributed by atoms with Gasteiger partial charge in [-0.15, -0.1) is 11.3 Å². The van der Waals surface area contributed by atoms with Crippen LogP contribution in [0.3, 0.4) is 0 Å². The molecule has 37 heavy (non-hydrogen) atoms. The van der Waals surface area contributed by atoms with Crippen molar-refractivity contribution in [3.63, 3.8) is 0 Å². The highest BCUT2D eigenvalue weighted by molar-refractivity contribution is 7.20. The number of hydrogen-bond acceptors (Lipinski definition) is 5. The van der Waals surface area contributed by atoms with Crippen LogP contribution >= 0.6 is 11.3 Å². The Balaban J connectivity index is 1.83. The predicted molar refractivity (Wildman–Crippen MR) is 148 cm³/mol. The van der Waals surface area contributed by atoms with Gasteiger partial charge in [-0.3, -0.25) is 23.5 Å². The van der Waals surface area contributed by atoms with E-state index in [-0.39, 0.29) is 19.0 Å². The minimum atomic E-state index is -0.570. The third-order valence-electron chi connectivity index (χ3n) is 6.37. The molecule has 0 aliphatic carbocycles. The zero-order chi connectivity index (χ0) is 26.5. The molecule has 0 aliphatic heterocycles. The second-order valence-electron chi connectivity index (χ2n) is 8.69. The fourth-order valence-electron chi connectivity index (χ4n) is 4.34. The molecule has 0 saturated carbocycles. The van der Waals surface area contributed by atoms with Crippen molar-refractivity contribution in [2.45, 2.75) is 40.3 Å². The molecule has 2 aromatic heterocycles. The third-order valence-corrected chi connectivity index (χ3v) is 7.67. The van der Waals surface area contributed by atoms with Crippen LogP contribution in [0.15, 0.2) is 70.3 Å². The SMILES string of the molecule is CCN(CC)C(=O)c1sc2c(c1C)c(=O)n(CCc1ccccc1)c(=O)n2CC(=O)Nc1ccccc1. The van der Waals surface area contributed by atoms with E-state index in [4.69, 9.17) is 0 Å². The first-order chi connectivity index (χ1) is 17.8. The molecule has 0 bridgehead atoms. The first kappa shape index (κ1) is 26.1. The maximum atomic E-state index is 13.6. The Hall–Kier alpha value is -3.98. The van der Waals surface area contributed by atoms with Crippen LogP contribution in [0.5, 0.6) is 0 Å². The number of rotatable bonds is 9. The van der Waals surface area contributed by atoms with Crippen LogP contribution in [-0.4, -0.2) is 38.9 Å². The third kappa shape index (κ3) is 5.41. The number of aryl methyl sites for hydroxylation is 2. The van der Waals surface area contributed by atoms with E-state index in [1.807, 2.05) is 50.2 Å². The molecular weight excluding hydrogens is 488 g/mol. The highest BCUT2D eigenvalue weighted by Crippen LogP contribution is 2.29. The number of nitrogens with zero attached hydrogens (tertiary/aromatic N) is 3. The van der Waals surface area contributed by atoms with Crippen LogP contribution < -0.4 is 16.6 Å². The second kappa shape index (κ2) is 11.4. The summed E-state index contributed by atoms with van der Waals surface area (Å²) >= 11 is 1.10. The molecule has 4 rings (SSSR count). The minimum Gasteiger partial charge on any atom is -0.338 e. The lowest BCUT2D eigenvalue weighted by atomic mass is 10.1. The number of thiophene rings is 1. The van der Waals surface area contributed by atoms with Crippen molar-refractivity contribution in [2.75, 3.05) is 18.4 Å². The summed E-state index contributed by atoms with van der Waals surface area (Å²) < 4.78 is 2.49. The smallest absolute Gasteiger partial charge is 0.332 e. The van der Waals surface area contributed by atoms with Crippen LogP contribution in [0, 0.1) is 6.92 Å². The van der Waals surface area contributed by atoms with Crippen LogP contribution in [0.25, 0.3) is 10.2 Å². The molecule has 2 aromatic carbocycles. The van der Waals surface area contributed by atoms with Gasteiger partial charge in [0.05, 0.1) is 10.3 Å². The Labute approximate surface area is 218 Å². The highest BCUT2D eigenvalue weighted by Gasteiger charge is 2.25. The molecule has 0 spiro atoms. The zero-order valence-corrected chi connectivity index (χ0v) is 22.0. The summed E-state index contributed by atoms with van der Waals surface area (Å²) in [6.45, 7) is 6.45. The Morgan fingerprint density at radius 3 is 2.16 bits per heavy atom. The van der Waals surface area contributed by atoms with Gasteiger partial charge in [-0.2, -0.15) is 0 Å². The maximum Gasteiger partial charge on any atom is 0.332 e. The summed E-state index contributed by atoms with van der Waals surface area (Å²) in [5.74, 6) is -0.586. The van der Waals surface area contributed by atoms with Gasteiger partial charge in [0.15, 0.2) is 0 Å². The highest BCUT2D eigenvalue weighted by atomic mass is 32.1. The van der Waals surface area contributed by atoms with Crippen molar-refractivity contribution in [2.24, 2.45) is 0 Å². The van der Waals surface area contributed by atoms with E-state index >= 15 is 0 Å². The Kier molecular flexibility index (Phi) is 8.03. The number of para-hydroxylation sites is 1. The van der Waals surface area contributed by atoms with Gasteiger partial charge in [0.25, 0.3) is 11.5 Å². The van der Waals surface area contributed by atoms with Gasteiger partial charge in [-0.1, -0.05) is 48.5 Å². The zero-order valence-electron chi connectivity index (χ0n) is 21.2. The Morgan fingerprint density at radius 1 is 0.919 bits per heavy atom. The molecule has 1 N–H and O–H groups in total. The molecule has 0 radical (unpaired) electrons. The average Bonchev–Trinajstić information content (AvgIpc) is 3.25. The number of amides is 2. The predicted octanol–water partition coefficient (Wildman–Crippen LogP) is 3.90. The fraction of sp³-hybridized carbons (Fsp3) is 0.286. The summed E-state index contributed by atoms with van der Waals surface area (Å²) in [5.41, 5.74) is 1.12. The van der Waals surface area contributed by atoms with Crippen molar-refractivity contribution in [3.05, 3.63) is 97.5 Å². The fourth-order valence-corrected chi connectivity index (χ4v) is 5.60. The standard InChI is InChI=1S/C28H30N4O4S/c1-4-30(5-2)26(35)24-19(3)23-25(34)31(17-16-20-12-8-6-9-13-20)28(36)32(27(23)37-24)18-22(33)29-21-14-10-7-11-15-21/h6-15H,4-5,16-18H2,1-3H3,(H,29,33). The topological polar surface area (TPSA) is 93.4 Å². The second-order valence-corrected chi connectivity index (χ2v) is 9.69. The molecule has 8 nitrogen and oxygen atoms in total. The van der Waals surface area contributed by atoms with E-state index in [2.05, 4.69) is 5.32 Å². The van der Waals surface area contributed by atoms with Crippen LogP contribution in [0.4, 0.5) is 5.69 Å². The van der Waals surface area contributed by atoms with Gasteiger partial charge < -0.3 is 10.2 Å². The number of benzene rings is 2. The van der Waals surface area contributed by atoms with Crippen LogP contribution in [0.1, 0.15) is 34.6 Å². The lowest BCUT2D eigenvalue weighted by molar-refractivity contribution is -0.116. The summed E-state index contributed by atoms with van der Waals surface area (Å²) in [6.07, 6.45) is 0.478. The van der Waals surface area contributed by atoms with Crippen LogP contribution in [-0.2, 0) is 24.3 Å². The molecule has 0 atom stereocenters. The number of fused-ring (bicyclic) bond motifs is 1. The van der Waals surface area contributed by atoms with E-state index in [1.54, 1.807) is 36.1 Å². The minimum absolute atomic E-state index is 0.159. The number of anilines is 1. The van der Waals surface area contributed by atoms with Gasteiger partial charge >= 0.3 is 5.69 Å². The van der Waals surface area contributed by atoms with Crippen molar-refractivity contribution in [1.29, 1.82) is 0 Å². The summed E-state index contributed by atoms with van der Waals surface area (Å²) in [7, 11) is 0. The van der Waals surface area contributed by atoms with Gasteiger partial charge in [0.2, 0.25) is 5.91 Å². The number of hydrogen-bond donors (Lipinski definition) is 1. The summed E-state index contributed by atoms with van der Waals surface area (Å²) in [4.78, 5) is 55.8. The van der Waals surface area contributed by atoms with E-state index in [0.717, 1.165) is 16.9 Å². The quantitative estimate of drug-likeness (QED) is 0.364.